The van der Waals surface area contributed by atoms with Gasteiger partial charge in [0.15, 0.2) is 11.5 Å². The van der Waals surface area contributed by atoms with E-state index in [0.29, 0.717) is 29.4 Å². The van der Waals surface area contributed by atoms with Crippen LogP contribution in [0.3, 0.4) is 0 Å². The number of amides is 1. The molecule has 7 nitrogen and oxygen atoms in total. The summed E-state index contributed by atoms with van der Waals surface area (Å²) in [5, 5.41) is 3.00. The van der Waals surface area contributed by atoms with Gasteiger partial charge in [0.1, 0.15) is 12.4 Å². The van der Waals surface area contributed by atoms with Crippen LogP contribution in [0.1, 0.15) is 41.7 Å². The highest BCUT2D eigenvalue weighted by molar-refractivity contribution is 5.94. The lowest BCUT2D eigenvalue weighted by molar-refractivity contribution is 0.0679. The van der Waals surface area contributed by atoms with Gasteiger partial charge in [-0.1, -0.05) is 0 Å². The van der Waals surface area contributed by atoms with Crippen LogP contribution in [0.5, 0.6) is 23.0 Å². The van der Waals surface area contributed by atoms with Gasteiger partial charge in [0.2, 0.25) is 5.75 Å². The molecule has 0 aliphatic carbocycles. The van der Waals surface area contributed by atoms with Crippen molar-refractivity contribution in [1.29, 1.82) is 0 Å². The molecule has 2 aromatic carbocycles. The second-order valence-electron chi connectivity index (χ2n) is 7.12. The molecule has 0 spiro atoms. The maximum absolute atomic E-state index is 12.7. The van der Waals surface area contributed by atoms with Crippen molar-refractivity contribution in [3.8, 4) is 23.0 Å². The molecule has 1 amide bonds. The molecule has 2 unspecified atom stereocenters. The van der Waals surface area contributed by atoms with Gasteiger partial charge in [0.05, 0.1) is 33.5 Å². The van der Waals surface area contributed by atoms with Gasteiger partial charge in [0.25, 0.3) is 5.91 Å². The molecule has 1 aliphatic rings. The molecule has 0 bridgehead atoms. The van der Waals surface area contributed by atoms with Crippen LogP contribution < -0.4 is 24.3 Å². The number of nitrogens with one attached hydrogen (secondary N) is 1. The smallest absolute Gasteiger partial charge is 0.251 e. The Labute approximate surface area is 177 Å². The second kappa shape index (κ2) is 10.2. The molecule has 1 heterocycles. The first-order chi connectivity index (χ1) is 14.5. The molecular weight excluding hydrogens is 386 g/mol. The average molecular weight is 415 g/mol. The summed E-state index contributed by atoms with van der Waals surface area (Å²) in [6.07, 6.45) is 2.27. The molecule has 162 valence electrons. The predicted octanol–water partition coefficient (Wildman–Crippen LogP) is 3.76. The number of carbonyl (C=O) groups excluding carboxylic acids is 1. The van der Waals surface area contributed by atoms with Crippen LogP contribution in [0.25, 0.3) is 0 Å². The average Bonchev–Trinajstić information content (AvgIpc) is 3.30. The normalized spacial score (nSPS) is 16.6. The SMILES string of the molecule is COc1cc(C(C)NC(=O)c2ccc(OCC3CCCO3)cc2)cc(OC)c1OC. The minimum atomic E-state index is -0.262. The fraction of sp³-hybridized carbons (Fsp3) is 0.435. The van der Waals surface area contributed by atoms with Crippen LogP contribution in [0, 0.1) is 0 Å². The van der Waals surface area contributed by atoms with Gasteiger partial charge >= 0.3 is 0 Å². The Hall–Kier alpha value is -2.93. The predicted molar refractivity (Wildman–Crippen MR) is 113 cm³/mol. The summed E-state index contributed by atoms with van der Waals surface area (Å²) in [6, 6.07) is 10.5. The molecular formula is C23H29NO6. The van der Waals surface area contributed by atoms with Crippen molar-refractivity contribution in [3.63, 3.8) is 0 Å². The highest BCUT2D eigenvalue weighted by Crippen LogP contribution is 2.39. The maximum atomic E-state index is 12.7. The molecule has 0 radical (unpaired) electrons. The van der Waals surface area contributed by atoms with Crippen LogP contribution in [0.15, 0.2) is 36.4 Å². The molecule has 30 heavy (non-hydrogen) atoms. The molecule has 3 rings (SSSR count). The van der Waals surface area contributed by atoms with E-state index in [1.54, 1.807) is 45.6 Å². The summed E-state index contributed by atoms with van der Waals surface area (Å²) in [7, 11) is 4.68. The number of benzene rings is 2. The Balaban J connectivity index is 1.63. The molecule has 1 N–H and O–H groups in total. The second-order valence-corrected chi connectivity index (χ2v) is 7.12. The Morgan fingerprint density at radius 2 is 1.77 bits per heavy atom. The highest BCUT2D eigenvalue weighted by atomic mass is 16.5. The van der Waals surface area contributed by atoms with E-state index in [-0.39, 0.29) is 18.1 Å². The third kappa shape index (κ3) is 5.16. The molecule has 0 aromatic heterocycles. The van der Waals surface area contributed by atoms with E-state index < -0.39 is 0 Å². The molecule has 1 fully saturated rings. The fourth-order valence-corrected chi connectivity index (χ4v) is 3.38. The minimum Gasteiger partial charge on any atom is -0.493 e. The van der Waals surface area contributed by atoms with Crippen LogP contribution in [0.4, 0.5) is 0 Å². The van der Waals surface area contributed by atoms with Crippen LogP contribution in [0.2, 0.25) is 0 Å². The number of hydrogen-bond acceptors (Lipinski definition) is 6. The summed E-state index contributed by atoms with van der Waals surface area (Å²) in [4.78, 5) is 12.7. The van der Waals surface area contributed by atoms with Gasteiger partial charge in [-0.15, -0.1) is 0 Å². The zero-order valence-electron chi connectivity index (χ0n) is 17.9. The topological polar surface area (TPSA) is 75.3 Å². The number of ether oxygens (including phenoxy) is 5. The maximum Gasteiger partial charge on any atom is 0.251 e. The molecule has 7 heteroatoms. The molecule has 0 saturated carbocycles. The zero-order valence-corrected chi connectivity index (χ0v) is 17.9. The number of methoxy groups -OCH3 is 3. The monoisotopic (exact) mass is 415 g/mol. The standard InChI is InChI=1S/C23H29NO6/c1-15(17-12-20(26-2)22(28-4)21(13-17)27-3)24-23(25)16-7-9-18(10-8-16)30-14-19-6-5-11-29-19/h7-10,12-13,15,19H,5-6,11,14H2,1-4H3,(H,24,25). The van der Waals surface area contributed by atoms with E-state index >= 15 is 0 Å². The number of hydrogen-bond donors (Lipinski definition) is 1. The van der Waals surface area contributed by atoms with Crippen molar-refractivity contribution < 1.29 is 28.5 Å². The van der Waals surface area contributed by atoms with Crippen molar-refractivity contribution in [3.05, 3.63) is 47.5 Å². The lowest BCUT2D eigenvalue weighted by atomic mass is 10.1. The first-order valence-corrected chi connectivity index (χ1v) is 10.0. The van der Waals surface area contributed by atoms with Gasteiger partial charge in [-0.3, -0.25) is 4.79 Å². The Morgan fingerprint density at radius 3 is 2.30 bits per heavy atom. The van der Waals surface area contributed by atoms with Crippen molar-refractivity contribution in [2.45, 2.75) is 31.9 Å². The van der Waals surface area contributed by atoms with Gasteiger partial charge in [0, 0.05) is 12.2 Å². The van der Waals surface area contributed by atoms with Crippen molar-refractivity contribution in [1.82, 2.24) is 5.32 Å². The van der Waals surface area contributed by atoms with E-state index in [0.717, 1.165) is 30.8 Å². The Morgan fingerprint density at radius 1 is 1.10 bits per heavy atom. The number of rotatable bonds is 9. The first kappa shape index (κ1) is 21.8. The first-order valence-electron chi connectivity index (χ1n) is 10.0. The largest absolute Gasteiger partial charge is 0.493 e. The van der Waals surface area contributed by atoms with E-state index in [4.69, 9.17) is 23.7 Å². The summed E-state index contributed by atoms with van der Waals surface area (Å²) < 4.78 is 27.4. The minimum absolute atomic E-state index is 0.160. The highest BCUT2D eigenvalue weighted by Gasteiger charge is 2.19. The Bertz CT molecular complexity index is 820. The third-order valence-corrected chi connectivity index (χ3v) is 5.11. The quantitative estimate of drug-likeness (QED) is 0.672. The van der Waals surface area contributed by atoms with E-state index in [1.165, 1.54) is 0 Å². The molecule has 2 aromatic rings. The van der Waals surface area contributed by atoms with Crippen molar-refractivity contribution in [2.75, 3.05) is 34.5 Å². The van der Waals surface area contributed by atoms with E-state index in [1.807, 2.05) is 19.1 Å². The summed E-state index contributed by atoms with van der Waals surface area (Å²) >= 11 is 0. The number of carbonyl (C=O) groups is 1. The van der Waals surface area contributed by atoms with Crippen LogP contribution in [-0.4, -0.2) is 46.6 Å². The van der Waals surface area contributed by atoms with Crippen molar-refractivity contribution >= 4 is 5.91 Å². The summed E-state index contributed by atoms with van der Waals surface area (Å²) in [5.41, 5.74) is 1.40. The van der Waals surface area contributed by atoms with E-state index in [2.05, 4.69) is 5.32 Å². The molecule has 2 atom stereocenters. The lowest BCUT2D eigenvalue weighted by Crippen LogP contribution is -2.26. The lowest BCUT2D eigenvalue weighted by Gasteiger charge is -2.19. The third-order valence-electron chi connectivity index (χ3n) is 5.11. The summed E-state index contributed by atoms with van der Waals surface area (Å²) in [5.74, 6) is 2.14. The molecule has 1 saturated heterocycles. The van der Waals surface area contributed by atoms with Crippen LogP contribution >= 0.6 is 0 Å². The van der Waals surface area contributed by atoms with Crippen molar-refractivity contribution in [2.24, 2.45) is 0 Å². The van der Waals surface area contributed by atoms with E-state index in [9.17, 15) is 4.79 Å². The van der Waals surface area contributed by atoms with Gasteiger partial charge in [-0.05, 0) is 61.7 Å². The van der Waals surface area contributed by atoms with Crippen LogP contribution in [-0.2, 0) is 4.74 Å². The van der Waals surface area contributed by atoms with Gasteiger partial charge in [-0.2, -0.15) is 0 Å². The van der Waals surface area contributed by atoms with Gasteiger partial charge < -0.3 is 29.0 Å². The zero-order chi connectivity index (χ0) is 21.5. The summed E-state index contributed by atoms with van der Waals surface area (Å²) in [6.45, 7) is 3.23. The fourth-order valence-electron chi connectivity index (χ4n) is 3.38. The van der Waals surface area contributed by atoms with Gasteiger partial charge in [-0.25, -0.2) is 0 Å². The Kier molecular flexibility index (Phi) is 7.41. The molecule has 1 aliphatic heterocycles.